The molecule has 0 unspecified atom stereocenters. The zero-order valence-electron chi connectivity index (χ0n) is 9.25. The second-order valence-electron chi connectivity index (χ2n) is 3.27. The average molecular weight is 285 g/mol. The van der Waals surface area contributed by atoms with Crippen LogP contribution in [0.25, 0.3) is 0 Å². The first-order chi connectivity index (χ1) is 7.63. The molecule has 0 aromatic heterocycles. The third kappa shape index (κ3) is 2.70. The predicted octanol–water partition coefficient (Wildman–Crippen LogP) is 2.96. The Bertz CT molecular complexity index is 413. The van der Waals surface area contributed by atoms with Crippen molar-refractivity contribution in [3.8, 4) is 0 Å². The van der Waals surface area contributed by atoms with Crippen LogP contribution in [-0.4, -0.2) is 18.9 Å². The largest absolute Gasteiger partial charge is 0.465 e. The Balaban J connectivity index is 3.21. The number of carbonyl (C=O) groups is 2. The van der Waals surface area contributed by atoms with Crippen molar-refractivity contribution in [1.82, 2.24) is 0 Å². The van der Waals surface area contributed by atoms with E-state index in [0.29, 0.717) is 22.9 Å². The number of esters is 1. The standard InChI is InChI=1S/C12H13BrO3/c1-3-11(14)10-6-8(12(15)16-2)4-5-9(10)7-13/h4-6H,3,7H2,1-2H3. The molecular formula is C12H13BrO3. The maximum Gasteiger partial charge on any atom is 0.337 e. The van der Waals surface area contributed by atoms with Crippen LogP contribution in [-0.2, 0) is 10.1 Å². The molecule has 16 heavy (non-hydrogen) atoms. The van der Waals surface area contributed by atoms with Gasteiger partial charge >= 0.3 is 5.97 Å². The summed E-state index contributed by atoms with van der Waals surface area (Å²) >= 11 is 3.32. The maximum atomic E-state index is 11.7. The molecule has 0 atom stereocenters. The molecule has 86 valence electrons. The van der Waals surface area contributed by atoms with E-state index >= 15 is 0 Å². The summed E-state index contributed by atoms with van der Waals surface area (Å²) in [6.07, 6.45) is 0.421. The molecule has 1 aromatic rings. The van der Waals surface area contributed by atoms with Crippen molar-refractivity contribution >= 4 is 27.7 Å². The molecule has 1 rings (SSSR count). The molecular weight excluding hydrogens is 272 g/mol. The van der Waals surface area contributed by atoms with Crippen molar-refractivity contribution in [2.75, 3.05) is 7.11 Å². The van der Waals surface area contributed by atoms with E-state index in [1.807, 2.05) is 0 Å². The number of methoxy groups -OCH3 is 1. The Labute approximate surface area is 103 Å². The summed E-state index contributed by atoms with van der Waals surface area (Å²) in [5, 5.41) is 0.593. The highest BCUT2D eigenvalue weighted by Crippen LogP contribution is 2.17. The Kier molecular flexibility index (Phi) is 4.68. The van der Waals surface area contributed by atoms with Crippen molar-refractivity contribution in [1.29, 1.82) is 0 Å². The average Bonchev–Trinajstić information content (AvgIpc) is 2.35. The second kappa shape index (κ2) is 5.80. The number of alkyl halides is 1. The fourth-order valence-corrected chi connectivity index (χ4v) is 1.88. The van der Waals surface area contributed by atoms with E-state index in [4.69, 9.17) is 0 Å². The summed E-state index contributed by atoms with van der Waals surface area (Å²) in [6.45, 7) is 1.80. The van der Waals surface area contributed by atoms with Gasteiger partial charge in [0.05, 0.1) is 12.7 Å². The molecule has 0 heterocycles. The van der Waals surface area contributed by atoms with Gasteiger partial charge < -0.3 is 4.74 Å². The second-order valence-corrected chi connectivity index (χ2v) is 3.83. The van der Waals surface area contributed by atoms with E-state index in [2.05, 4.69) is 20.7 Å². The van der Waals surface area contributed by atoms with Crippen LogP contribution in [0, 0.1) is 0 Å². The molecule has 0 N–H and O–H groups in total. The lowest BCUT2D eigenvalue weighted by Crippen LogP contribution is -2.07. The van der Waals surface area contributed by atoms with E-state index in [0.717, 1.165) is 5.56 Å². The molecule has 0 saturated carbocycles. The first kappa shape index (κ1) is 12.9. The number of benzene rings is 1. The summed E-state index contributed by atoms with van der Waals surface area (Å²) in [4.78, 5) is 23.0. The van der Waals surface area contributed by atoms with Crippen molar-refractivity contribution in [3.05, 3.63) is 34.9 Å². The number of halogens is 1. The number of carbonyl (C=O) groups excluding carboxylic acids is 2. The quantitative estimate of drug-likeness (QED) is 0.485. The SMILES string of the molecule is CCC(=O)c1cc(C(=O)OC)ccc1CBr. The minimum atomic E-state index is -0.425. The zero-order valence-corrected chi connectivity index (χ0v) is 10.8. The lowest BCUT2D eigenvalue weighted by Gasteiger charge is -2.07. The number of hydrogen-bond acceptors (Lipinski definition) is 3. The Morgan fingerprint density at radius 1 is 1.38 bits per heavy atom. The predicted molar refractivity (Wildman–Crippen MR) is 65.0 cm³/mol. The van der Waals surface area contributed by atoms with Crippen molar-refractivity contribution < 1.29 is 14.3 Å². The van der Waals surface area contributed by atoms with E-state index in [9.17, 15) is 9.59 Å². The zero-order chi connectivity index (χ0) is 12.1. The lowest BCUT2D eigenvalue weighted by molar-refractivity contribution is 0.0600. The van der Waals surface area contributed by atoms with Crippen LogP contribution in [0.15, 0.2) is 18.2 Å². The van der Waals surface area contributed by atoms with Gasteiger partial charge in [0.25, 0.3) is 0 Å². The number of rotatable bonds is 4. The topological polar surface area (TPSA) is 43.4 Å². The minimum Gasteiger partial charge on any atom is -0.465 e. The normalized spacial score (nSPS) is 9.94. The molecule has 1 aromatic carbocycles. The van der Waals surface area contributed by atoms with Crippen LogP contribution < -0.4 is 0 Å². The summed E-state index contributed by atoms with van der Waals surface area (Å²) in [6, 6.07) is 5.02. The molecule has 0 saturated heterocycles. The number of ether oxygens (including phenoxy) is 1. The van der Waals surface area contributed by atoms with Gasteiger partial charge in [0.1, 0.15) is 0 Å². The van der Waals surface area contributed by atoms with E-state index in [1.165, 1.54) is 7.11 Å². The molecule has 0 aliphatic heterocycles. The van der Waals surface area contributed by atoms with Gasteiger partial charge in [-0.1, -0.05) is 28.9 Å². The Morgan fingerprint density at radius 2 is 2.06 bits per heavy atom. The van der Waals surface area contributed by atoms with Gasteiger partial charge in [-0.05, 0) is 17.7 Å². The highest BCUT2D eigenvalue weighted by molar-refractivity contribution is 9.08. The van der Waals surface area contributed by atoms with Crippen LogP contribution in [0.2, 0.25) is 0 Å². The van der Waals surface area contributed by atoms with Gasteiger partial charge in [-0.25, -0.2) is 4.79 Å². The highest BCUT2D eigenvalue weighted by Gasteiger charge is 2.13. The van der Waals surface area contributed by atoms with Crippen LogP contribution in [0.4, 0.5) is 0 Å². The maximum absolute atomic E-state index is 11.7. The van der Waals surface area contributed by atoms with Crippen LogP contribution in [0.1, 0.15) is 39.6 Å². The molecule has 0 aliphatic rings. The first-order valence-electron chi connectivity index (χ1n) is 4.94. The van der Waals surface area contributed by atoms with Gasteiger partial charge in [0.2, 0.25) is 0 Å². The third-order valence-electron chi connectivity index (χ3n) is 2.30. The Morgan fingerprint density at radius 3 is 2.56 bits per heavy atom. The summed E-state index contributed by atoms with van der Waals surface area (Å²) < 4.78 is 4.62. The first-order valence-corrected chi connectivity index (χ1v) is 6.06. The van der Waals surface area contributed by atoms with Crippen molar-refractivity contribution in [2.45, 2.75) is 18.7 Å². The summed E-state index contributed by atoms with van der Waals surface area (Å²) in [5.41, 5.74) is 1.88. The monoisotopic (exact) mass is 284 g/mol. The molecule has 0 amide bonds. The van der Waals surface area contributed by atoms with E-state index in [1.54, 1.807) is 25.1 Å². The van der Waals surface area contributed by atoms with Gasteiger partial charge in [0, 0.05) is 17.3 Å². The molecule has 0 fully saturated rings. The van der Waals surface area contributed by atoms with Gasteiger partial charge in [-0.3, -0.25) is 4.79 Å². The lowest BCUT2D eigenvalue weighted by atomic mass is 10.0. The molecule has 0 radical (unpaired) electrons. The number of hydrogen-bond donors (Lipinski definition) is 0. The van der Waals surface area contributed by atoms with Gasteiger partial charge in [-0.2, -0.15) is 0 Å². The van der Waals surface area contributed by atoms with Crippen molar-refractivity contribution in [2.24, 2.45) is 0 Å². The number of ketones is 1. The van der Waals surface area contributed by atoms with Crippen molar-refractivity contribution in [3.63, 3.8) is 0 Å². The molecule has 0 spiro atoms. The smallest absolute Gasteiger partial charge is 0.337 e. The molecule has 0 bridgehead atoms. The molecule has 0 aliphatic carbocycles. The summed E-state index contributed by atoms with van der Waals surface area (Å²) in [7, 11) is 1.32. The summed E-state index contributed by atoms with van der Waals surface area (Å²) in [5.74, 6) is -0.397. The van der Waals surface area contributed by atoms with Crippen LogP contribution >= 0.6 is 15.9 Å². The van der Waals surface area contributed by atoms with Crippen LogP contribution in [0.3, 0.4) is 0 Å². The van der Waals surface area contributed by atoms with Gasteiger partial charge in [0.15, 0.2) is 5.78 Å². The van der Waals surface area contributed by atoms with E-state index < -0.39 is 5.97 Å². The molecule has 4 heteroatoms. The molecule has 3 nitrogen and oxygen atoms in total. The van der Waals surface area contributed by atoms with Gasteiger partial charge in [-0.15, -0.1) is 0 Å². The fraction of sp³-hybridized carbons (Fsp3) is 0.333. The minimum absolute atomic E-state index is 0.0280. The third-order valence-corrected chi connectivity index (χ3v) is 2.90. The highest BCUT2D eigenvalue weighted by atomic mass is 79.9. The Hall–Kier alpha value is -1.16. The van der Waals surface area contributed by atoms with E-state index in [-0.39, 0.29) is 5.78 Å². The fourth-order valence-electron chi connectivity index (χ4n) is 1.39. The number of Topliss-reactive ketones (excluding diaryl/α,β-unsaturated/α-hetero) is 1. The van der Waals surface area contributed by atoms with Crippen LogP contribution in [0.5, 0.6) is 0 Å².